The van der Waals surface area contributed by atoms with Gasteiger partial charge >= 0.3 is 0 Å². The Balaban J connectivity index is 1.97. The first-order chi connectivity index (χ1) is 14.4. The van der Waals surface area contributed by atoms with Gasteiger partial charge in [-0.15, -0.1) is 0 Å². The summed E-state index contributed by atoms with van der Waals surface area (Å²) < 4.78 is 0. The molecule has 0 spiro atoms. The summed E-state index contributed by atoms with van der Waals surface area (Å²) >= 11 is 12.7. The fourth-order valence-corrected chi connectivity index (χ4v) is 3.64. The van der Waals surface area contributed by atoms with Crippen LogP contribution in [0, 0.1) is 0 Å². The van der Waals surface area contributed by atoms with Crippen molar-refractivity contribution in [3.8, 4) is 0 Å². The zero-order valence-electron chi connectivity index (χ0n) is 17.1. The van der Waals surface area contributed by atoms with Crippen LogP contribution < -0.4 is 0 Å². The summed E-state index contributed by atoms with van der Waals surface area (Å²) in [6.45, 7) is 2.90. The van der Waals surface area contributed by atoms with Crippen molar-refractivity contribution in [2.24, 2.45) is 4.99 Å². The third kappa shape index (κ3) is 5.26. The van der Waals surface area contributed by atoms with Gasteiger partial charge in [0.1, 0.15) is 6.33 Å². The third-order valence-corrected chi connectivity index (χ3v) is 5.36. The molecule has 156 valence electrons. The van der Waals surface area contributed by atoms with Crippen LogP contribution >= 0.6 is 23.2 Å². The first-order valence-electron chi connectivity index (χ1n) is 9.50. The van der Waals surface area contributed by atoms with E-state index in [4.69, 9.17) is 28.2 Å². The monoisotopic (exact) mass is 443 g/mol. The second-order valence-electron chi connectivity index (χ2n) is 7.08. The van der Waals surface area contributed by atoms with Gasteiger partial charge in [-0.1, -0.05) is 41.4 Å². The van der Waals surface area contributed by atoms with Crippen LogP contribution in [0.25, 0.3) is 11.3 Å². The van der Waals surface area contributed by atoms with Crippen LogP contribution in [0.3, 0.4) is 0 Å². The van der Waals surface area contributed by atoms with Crippen molar-refractivity contribution in [2.75, 3.05) is 27.2 Å². The molecule has 3 rings (SSSR count). The summed E-state index contributed by atoms with van der Waals surface area (Å²) in [7, 11) is 3.85. The van der Waals surface area contributed by atoms with Crippen molar-refractivity contribution in [3.63, 3.8) is 0 Å². The molecule has 0 radical (unpaired) electrons. The molecule has 8 heteroatoms. The number of guanidine groups is 1. The Bertz CT molecular complexity index is 1020. The molecule has 1 aromatic heterocycles. The highest BCUT2D eigenvalue weighted by Crippen LogP contribution is 2.32. The molecule has 1 aromatic carbocycles. The number of aliphatic imine (C=N–C) groups is 1. The van der Waals surface area contributed by atoms with Gasteiger partial charge < -0.3 is 9.80 Å². The quantitative estimate of drug-likeness (QED) is 0.397. The lowest BCUT2D eigenvalue weighted by atomic mass is 10.0. The van der Waals surface area contributed by atoms with Crippen LogP contribution in [0.1, 0.15) is 24.6 Å². The van der Waals surface area contributed by atoms with E-state index in [0.717, 1.165) is 30.1 Å². The molecule has 0 unspecified atom stereocenters. The highest BCUT2D eigenvalue weighted by atomic mass is 35.5. The molecule has 0 N–H and O–H groups in total. The molecule has 0 saturated carbocycles. The number of carbonyl (C=O) groups is 1. The van der Waals surface area contributed by atoms with Gasteiger partial charge in [0.15, 0.2) is 5.78 Å². The molecule has 0 saturated heterocycles. The molecule has 0 fully saturated rings. The maximum Gasteiger partial charge on any atom is 0.201 e. The lowest BCUT2D eigenvalue weighted by Gasteiger charge is -2.34. The summed E-state index contributed by atoms with van der Waals surface area (Å²) in [4.78, 5) is 28.9. The number of benzene rings is 1. The minimum absolute atomic E-state index is 0.101. The molecule has 0 bridgehead atoms. The number of hydrogen-bond acceptors (Lipinski definition) is 4. The van der Waals surface area contributed by atoms with Crippen LogP contribution in [0.15, 0.2) is 53.9 Å². The van der Waals surface area contributed by atoms with Gasteiger partial charge in [-0.2, -0.15) is 0 Å². The molecule has 2 heterocycles. The molecule has 1 aliphatic rings. The highest BCUT2D eigenvalue weighted by Gasteiger charge is 2.22. The second kappa shape index (κ2) is 9.87. The summed E-state index contributed by atoms with van der Waals surface area (Å²) in [6.07, 6.45) is 7.57. The zero-order chi connectivity index (χ0) is 21.7. The normalized spacial score (nSPS) is 15.1. The first kappa shape index (κ1) is 22.0. The first-order valence-corrected chi connectivity index (χ1v) is 10.3. The number of allylic oxidation sites excluding steroid dienone is 1. The topological polar surface area (TPSA) is 61.7 Å². The number of hydrogen-bond donors (Lipinski definition) is 0. The number of carbonyl (C=O) groups excluding carboxylic acids is 1. The Hall–Kier alpha value is -2.70. The number of aromatic nitrogens is 2. The fourth-order valence-electron chi connectivity index (χ4n) is 3.22. The minimum atomic E-state index is -0.101. The molecule has 2 aromatic rings. The lowest BCUT2D eigenvalue weighted by Crippen LogP contribution is -2.43. The van der Waals surface area contributed by atoms with Gasteiger partial charge in [-0.3, -0.25) is 4.79 Å². The van der Waals surface area contributed by atoms with E-state index in [1.807, 2.05) is 31.1 Å². The Morgan fingerprint density at radius 2 is 2.07 bits per heavy atom. The van der Waals surface area contributed by atoms with Crippen molar-refractivity contribution >= 4 is 46.2 Å². The standard InChI is InChI=1S/C22H23Cl2N5O/c1-15(30)12-20(19-9-10-25-14-26-19)27-22(28(2)3)29-11-5-6-16(13-29)17-7-4-8-18(23)21(17)24/h4,6-10,12,14H,5,11,13H2,1-3H3/b20-12-,27-22+. The van der Waals surface area contributed by atoms with Gasteiger partial charge in [0.2, 0.25) is 5.96 Å². The second-order valence-corrected chi connectivity index (χ2v) is 7.87. The average Bonchev–Trinajstić information content (AvgIpc) is 2.73. The number of nitrogens with zero attached hydrogens (tertiary/aromatic N) is 5. The molecule has 30 heavy (non-hydrogen) atoms. The van der Waals surface area contributed by atoms with Crippen molar-refractivity contribution in [1.29, 1.82) is 0 Å². The van der Waals surface area contributed by atoms with Crippen molar-refractivity contribution in [1.82, 2.24) is 19.8 Å². The van der Waals surface area contributed by atoms with Gasteiger partial charge in [0, 0.05) is 39.5 Å². The van der Waals surface area contributed by atoms with E-state index in [2.05, 4.69) is 20.9 Å². The minimum Gasteiger partial charge on any atom is -0.349 e. The Labute approximate surface area is 186 Å². The summed E-state index contributed by atoms with van der Waals surface area (Å²) in [5, 5.41) is 1.08. The van der Waals surface area contributed by atoms with Crippen LogP contribution in [-0.4, -0.2) is 58.7 Å². The van der Waals surface area contributed by atoms with Gasteiger partial charge in [0.05, 0.1) is 21.4 Å². The van der Waals surface area contributed by atoms with E-state index in [1.165, 1.54) is 19.3 Å². The van der Waals surface area contributed by atoms with Gasteiger partial charge in [-0.25, -0.2) is 15.0 Å². The maximum atomic E-state index is 11.8. The SMILES string of the molecule is CC(=O)/C=C(\N=C(/N(C)C)N1CCC=C(c2cccc(Cl)c2Cl)C1)c1ccncn1. The Morgan fingerprint density at radius 3 is 2.73 bits per heavy atom. The average molecular weight is 444 g/mol. The largest absolute Gasteiger partial charge is 0.349 e. The van der Waals surface area contributed by atoms with Crippen molar-refractivity contribution in [3.05, 3.63) is 70.2 Å². The maximum absolute atomic E-state index is 11.8. The van der Waals surface area contributed by atoms with E-state index in [-0.39, 0.29) is 5.78 Å². The van der Waals surface area contributed by atoms with Crippen LogP contribution in [0.4, 0.5) is 0 Å². The van der Waals surface area contributed by atoms with E-state index in [9.17, 15) is 4.79 Å². The van der Waals surface area contributed by atoms with E-state index in [0.29, 0.717) is 28.0 Å². The van der Waals surface area contributed by atoms with Gasteiger partial charge in [-0.05, 0) is 36.6 Å². The third-order valence-electron chi connectivity index (χ3n) is 4.54. The number of rotatable bonds is 4. The van der Waals surface area contributed by atoms with Crippen molar-refractivity contribution in [2.45, 2.75) is 13.3 Å². The van der Waals surface area contributed by atoms with Crippen LogP contribution in [-0.2, 0) is 4.79 Å². The molecular formula is C22H23Cl2N5O. The molecule has 1 aliphatic heterocycles. The predicted octanol–water partition coefficient (Wildman–Crippen LogP) is 4.42. The summed E-state index contributed by atoms with van der Waals surface area (Å²) in [5.41, 5.74) is 3.08. The number of ketones is 1. The summed E-state index contributed by atoms with van der Waals surface area (Å²) in [5.74, 6) is 0.625. The van der Waals surface area contributed by atoms with Gasteiger partial charge in [0.25, 0.3) is 0 Å². The Kier molecular flexibility index (Phi) is 7.24. The van der Waals surface area contributed by atoms with Crippen LogP contribution in [0.2, 0.25) is 10.0 Å². The molecule has 6 nitrogen and oxygen atoms in total. The highest BCUT2D eigenvalue weighted by molar-refractivity contribution is 6.43. The number of halogens is 2. The molecule has 0 aliphatic carbocycles. The van der Waals surface area contributed by atoms with Crippen molar-refractivity contribution < 1.29 is 4.79 Å². The molecule has 0 amide bonds. The smallest absolute Gasteiger partial charge is 0.201 e. The van der Waals surface area contributed by atoms with E-state index in [1.54, 1.807) is 18.3 Å². The lowest BCUT2D eigenvalue weighted by molar-refractivity contribution is -0.112. The molecular weight excluding hydrogens is 421 g/mol. The fraction of sp³-hybridized carbons (Fsp3) is 0.273. The summed E-state index contributed by atoms with van der Waals surface area (Å²) in [6, 6.07) is 7.38. The Morgan fingerprint density at radius 1 is 1.27 bits per heavy atom. The van der Waals surface area contributed by atoms with Crippen LogP contribution in [0.5, 0.6) is 0 Å². The zero-order valence-corrected chi connectivity index (χ0v) is 18.7. The predicted molar refractivity (Wildman–Crippen MR) is 122 cm³/mol. The van der Waals surface area contributed by atoms with E-state index >= 15 is 0 Å². The van der Waals surface area contributed by atoms with E-state index < -0.39 is 0 Å². The molecule has 0 atom stereocenters.